The van der Waals surface area contributed by atoms with Crippen molar-refractivity contribution in [3.63, 3.8) is 0 Å². The molecule has 2 aromatic carbocycles. The number of carbonyl (C=O) groups excluding carboxylic acids is 1. The normalized spacial score (nSPS) is 11.6. The Morgan fingerprint density at radius 1 is 1.22 bits per heavy atom. The monoisotopic (exact) mass is 315 g/mol. The van der Waals surface area contributed by atoms with E-state index in [9.17, 15) is 14.9 Å². The van der Waals surface area contributed by atoms with Crippen molar-refractivity contribution in [2.75, 3.05) is 17.2 Å². The van der Waals surface area contributed by atoms with E-state index >= 15 is 0 Å². The van der Waals surface area contributed by atoms with Gasteiger partial charge < -0.3 is 15.7 Å². The van der Waals surface area contributed by atoms with Gasteiger partial charge in [-0.15, -0.1) is 0 Å². The Hall–Kier alpha value is -2.93. The fourth-order valence-electron chi connectivity index (χ4n) is 2.23. The summed E-state index contributed by atoms with van der Waals surface area (Å²) in [6.07, 6.45) is 0. The van der Waals surface area contributed by atoms with Crippen molar-refractivity contribution >= 4 is 23.0 Å². The fourth-order valence-corrected chi connectivity index (χ4v) is 2.23. The summed E-state index contributed by atoms with van der Waals surface area (Å²) in [5.41, 5.74) is 1.86. The number of aliphatic hydroxyl groups excluding tert-OH is 1. The molecule has 0 heterocycles. The maximum absolute atomic E-state index is 11.2. The van der Waals surface area contributed by atoms with E-state index in [1.807, 2.05) is 6.92 Å². The number of nitro groups is 1. The summed E-state index contributed by atoms with van der Waals surface area (Å²) in [5, 5.41) is 25.5. The minimum absolute atomic E-state index is 0.0530. The van der Waals surface area contributed by atoms with Crippen LogP contribution in [0.2, 0.25) is 0 Å². The van der Waals surface area contributed by atoms with E-state index in [0.29, 0.717) is 16.9 Å². The van der Waals surface area contributed by atoms with Crippen molar-refractivity contribution in [3.05, 3.63) is 64.2 Å². The van der Waals surface area contributed by atoms with Crippen molar-refractivity contribution in [3.8, 4) is 0 Å². The lowest BCUT2D eigenvalue weighted by Gasteiger charge is -2.16. The lowest BCUT2D eigenvalue weighted by molar-refractivity contribution is -0.385. The number of rotatable bonds is 6. The highest BCUT2D eigenvalue weighted by Crippen LogP contribution is 2.28. The first-order chi connectivity index (χ1) is 11.0. The highest BCUT2D eigenvalue weighted by Gasteiger charge is 2.18. The average Bonchev–Trinajstić information content (AvgIpc) is 2.55. The standard InChI is InChI=1S/C16H17N3O4/c1-11(14-7-2-3-8-15(14)19(22)23)17-12-5-4-6-13(9-12)18-16(21)10-20/h2-9,11,17,20H,10H2,1H3,(H,18,21)/t11-/m0/s1. The number of nitrogens with zero attached hydrogens (tertiary/aromatic N) is 1. The van der Waals surface area contributed by atoms with E-state index in [4.69, 9.17) is 5.11 Å². The van der Waals surface area contributed by atoms with Gasteiger partial charge in [-0.25, -0.2) is 0 Å². The van der Waals surface area contributed by atoms with E-state index in [2.05, 4.69) is 10.6 Å². The third kappa shape index (κ3) is 4.27. The summed E-state index contributed by atoms with van der Waals surface area (Å²) >= 11 is 0. The van der Waals surface area contributed by atoms with E-state index in [1.54, 1.807) is 42.5 Å². The van der Waals surface area contributed by atoms with E-state index in [1.165, 1.54) is 6.07 Å². The van der Waals surface area contributed by atoms with Crippen LogP contribution in [0.25, 0.3) is 0 Å². The molecule has 2 rings (SSSR count). The molecule has 120 valence electrons. The molecule has 0 saturated heterocycles. The molecule has 23 heavy (non-hydrogen) atoms. The topological polar surface area (TPSA) is 104 Å². The summed E-state index contributed by atoms with van der Waals surface area (Å²) in [5.74, 6) is -0.506. The molecule has 3 N–H and O–H groups in total. The molecule has 0 unspecified atom stereocenters. The van der Waals surface area contributed by atoms with Gasteiger partial charge in [0.15, 0.2) is 0 Å². The molecule has 0 aliphatic carbocycles. The molecule has 0 fully saturated rings. The molecule has 1 atom stereocenters. The van der Waals surface area contributed by atoms with Crippen molar-refractivity contribution < 1.29 is 14.8 Å². The number of nitrogens with one attached hydrogen (secondary N) is 2. The predicted octanol–water partition coefficient (Wildman–Crippen LogP) is 2.70. The minimum Gasteiger partial charge on any atom is -0.387 e. The molecule has 7 nitrogen and oxygen atoms in total. The number of carbonyl (C=O) groups is 1. The van der Waals surface area contributed by atoms with Crippen LogP contribution in [0.1, 0.15) is 18.5 Å². The molecule has 1 amide bonds. The smallest absolute Gasteiger partial charge is 0.274 e. The Morgan fingerprint density at radius 3 is 2.61 bits per heavy atom. The van der Waals surface area contributed by atoms with Gasteiger partial charge in [0.05, 0.1) is 16.5 Å². The average molecular weight is 315 g/mol. The van der Waals surface area contributed by atoms with Gasteiger partial charge in [0, 0.05) is 17.4 Å². The molecule has 0 saturated carbocycles. The number of amides is 1. The Morgan fingerprint density at radius 2 is 1.91 bits per heavy atom. The van der Waals surface area contributed by atoms with Gasteiger partial charge in [-0.3, -0.25) is 14.9 Å². The first kappa shape index (κ1) is 16.4. The molecular weight excluding hydrogens is 298 g/mol. The largest absolute Gasteiger partial charge is 0.387 e. The number of hydrogen-bond donors (Lipinski definition) is 3. The molecule has 2 aromatic rings. The van der Waals surface area contributed by atoms with Crippen molar-refractivity contribution in [2.24, 2.45) is 0 Å². The zero-order valence-electron chi connectivity index (χ0n) is 12.5. The van der Waals surface area contributed by atoms with Gasteiger partial charge in [-0.2, -0.15) is 0 Å². The molecule has 0 aromatic heterocycles. The van der Waals surface area contributed by atoms with Crippen LogP contribution >= 0.6 is 0 Å². The zero-order valence-corrected chi connectivity index (χ0v) is 12.5. The maximum Gasteiger partial charge on any atom is 0.274 e. The van der Waals surface area contributed by atoms with Crippen molar-refractivity contribution in [1.29, 1.82) is 0 Å². The van der Waals surface area contributed by atoms with E-state index < -0.39 is 17.4 Å². The van der Waals surface area contributed by atoms with Crippen LogP contribution in [0.4, 0.5) is 17.1 Å². The first-order valence-corrected chi connectivity index (χ1v) is 7.02. The molecule has 7 heteroatoms. The van der Waals surface area contributed by atoms with E-state index in [-0.39, 0.29) is 11.7 Å². The lowest BCUT2D eigenvalue weighted by Crippen LogP contribution is -2.15. The van der Waals surface area contributed by atoms with Gasteiger partial charge in [0.25, 0.3) is 5.69 Å². The third-order valence-corrected chi connectivity index (χ3v) is 3.27. The molecule has 0 aliphatic rings. The van der Waals surface area contributed by atoms with Crippen LogP contribution in [0.5, 0.6) is 0 Å². The van der Waals surface area contributed by atoms with Crippen LogP contribution < -0.4 is 10.6 Å². The number of para-hydroxylation sites is 1. The second-order valence-corrected chi connectivity index (χ2v) is 4.97. The Labute approximate surface area is 133 Å². The van der Waals surface area contributed by atoms with Gasteiger partial charge in [0.2, 0.25) is 5.91 Å². The highest BCUT2D eigenvalue weighted by molar-refractivity contribution is 5.91. The van der Waals surface area contributed by atoms with Gasteiger partial charge in [-0.05, 0) is 25.1 Å². The van der Waals surface area contributed by atoms with Crippen LogP contribution in [0, 0.1) is 10.1 Å². The van der Waals surface area contributed by atoms with Crippen LogP contribution in [-0.4, -0.2) is 22.5 Å². The molecule has 0 spiro atoms. The quantitative estimate of drug-likeness (QED) is 0.561. The Bertz CT molecular complexity index is 718. The van der Waals surface area contributed by atoms with Crippen LogP contribution in [0.3, 0.4) is 0 Å². The molecule has 0 radical (unpaired) electrons. The summed E-state index contributed by atoms with van der Waals surface area (Å²) in [6.45, 7) is 1.23. The Balaban J connectivity index is 2.17. The second kappa shape index (κ2) is 7.37. The van der Waals surface area contributed by atoms with Crippen LogP contribution in [-0.2, 0) is 4.79 Å². The number of hydrogen-bond acceptors (Lipinski definition) is 5. The number of anilines is 2. The fraction of sp³-hybridized carbons (Fsp3) is 0.188. The molecular formula is C16H17N3O4. The summed E-state index contributed by atoms with van der Waals surface area (Å²) < 4.78 is 0. The summed E-state index contributed by atoms with van der Waals surface area (Å²) in [6, 6.07) is 13.2. The lowest BCUT2D eigenvalue weighted by atomic mass is 10.1. The maximum atomic E-state index is 11.2. The van der Waals surface area contributed by atoms with Crippen molar-refractivity contribution in [2.45, 2.75) is 13.0 Å². The highest BCUT2D eigenvalue weighted by atomic mass is 16.6. The summed E-state index contributed by atoms with van der Waals surface area (Å²) in [4.78, 5) is 21.9. The number of aliphatic hydroxyl groups is 1. The number of nitro benzene ring substituents is 1. The van der Waals surface area contributed by atoms with Gasteiger partial charge in [-0.1, -0.05) is 24.3 Å². The first-order valence-electron chi connectivity index (χ1n) is 7.02. The minimum atomic E-state index is -0.593. The van der Waals surface area contributed by atoms with Gasteiger partial charge >= 0.3 is 0 Å². The van der Waals surface area contributed by atoms with E-state index in [0.717, 1.165) is 0 Å². The molecule has 0 aliphatic heterocycles. The van der Waals surface area contributed by atoms with Gasteiger partial charge in [0.1, 0.15) is 6.61 Å². The van der Waals surface area contributed by atoms with Crippen molar-refractivity contribution in [1.82, 2.24) is 0 Å². The second-order valence-electron chi connectivity index (χ2n) is 4.97. The predicted molar refractivity (Wildman–Crippen MR) is 87.3 cm³/mol. The Kier molecular flexibility index (Phi) is 5.27. The third-order valence-electron chi connectivity index (χ3n) is 3.27. The van der Waals surface area contributed by atoms with Crippen LogP contribution in [0.15, 0.2) is 48.5 Å². The molecule has 0 bridgehead atoms. The zero-order chi connectivity index (χ0) is 16.8. The summed E-state index contributed by atoms with van der Waals surface area (Å²) in [7, 11) is 0. The number of benzene rings is 2. The SMILES string of the molecule is C[C@H](Nc1cccc(NC(=O)CO)c1)c1ccccc1[N+](=O)[O-].